The largest absolute Gasteiger partial charge is 0.355 e. The summed E-state index contributed by atoms with van der Waals surface area (Å²) in [5.74, 6) is -0.294. The Morgan fingerprint density at radius 2 is 1.62 bits per heavy atom. The zero-order valence-electron chi connectivity index (χ0n) is 14.3. The van der Waals surface area contributed by atoms with E-state index < -0.39 is 0 Å². The maximum Gasteiger partial charge on any atom is 0.238 e. The Kier molecular flexibility index (Phi) is 6.45. The molecule has 3 aromatic carbocycles. The van der Waals surface area contributed by atoms with Crippen LogP contribution >= 0.6 is 11.8 Å². The zero-order chi connectivity index (χ0) is 18.2. The van der Waals surface area contributed by atoms with E-state index in [9.17, 15) is 9.18 Å². The zero-order valence-corrected chi connectivity index (χ0v) is 15.1. The molecule has 0 bridgehead atoms. The second-order valence-electron chi connectivity index (χ2n) is 5.89. The molecule has 0 radical (unpaired) electrons. The summed E-state index contributed by atoms with van der Waals surface area (Å²) in [5, 5.41) is 2.66. The third kappa shape index (κ3) is 5.20. The first kappa shape index (κ1) is 18.2. The van der Waals surface area contributed by atoms with E-state index in [0.717, 1.165) is 16.0 Å². The molecule has 0 spiro atoms. The summed E-state index contributed by atoms with van der Waals surface area (Å²) in [7, 11) is 0. The Bertz CT molecular complexity index is 839. The van der Waals surface area contributed by atoms with Crippen LogP contribution in [0.3, 0.4) is 0 Å². The highest BCUT2D eigenvalue weighted by molar-refractivity contribution is 8.00. The molecule has 0 aliphatic heterocycles. The summed E-state index contributed by atoms with van der Waals surface area (Å²) >= 11 is 1.53. The Morgan fingerprint density at radius 3 is 2.31 bits per heavy atom. The van der Waals surface area contributed by atoms with Crippen LogP contribution in [0.5, 0.6) is 0 Å². The van der Waals surface area contributed by atoms with Crippen LogP contribution in [-0.2, 0) is 11.2 Å². The molecule has 0 saturated carbocycles. The minimum Gasteiger partial charge on any atom is -0.355 e. The first-order valence-electron chi connectivity index (χ1n) is 8.51. The van der Waals surface area contributed by atoms with Crippen molar-refractivity contribution in [3.8, 4) is 0 Å². The number of hydrogen-bond acceptors (Lipinski definition) is 2. The van der Waals surface area contributed by atoms with Gasteiger partial charge in [0, 0.05) is 11.4 Å². The lowest BCUT2D eigenvalue weighted by Crippen LogP contribution is -2.29. The molecule has 0 aliphatic rings. The first-order chi connectivity index (χ1) is 12.7. The van der Waals surface area contributed by atoms with Gasteiger partial charge in [0.15, 0.2) is 0 Å². The molecule has 1 atom stereocenters. The van der Waals surface area contributed by atoms with Gasteiger partial charge in [-0.15, -0.1) is 11.8 Å². The van der Waals surface area contributed by atoms with E-state index >= 15 is 0 Å². The minimum atomic E-state index is -0.328. The normalized spacial score (nSPS) is 11.7. The maximum atomic E-state index is 13.3. The highest BCUT2D eigenvalue weighted by Gasteiger charge is 2.21. The lowest BCUT2D eigenvalue weighted by Gasteiger charge is -2.17. The Morgan fingerprint density at radius 1 is 0.923 bits per heavy atom. The van der Waals surface area contributed by atoms with Crippen LogP contribution in [0.2, 0.25) is 0 Å². The Hall–Kier alpha value is -2.59. The van der Waals surface area contributed by atoms with Gasteiger partial charge in [-0.2, -0.15) is 0 Å². The number of benzene rings is 3. The quantitative estimate of drug-likeness (QED) is 0.596. The van der Waals surface area contributed by atoms with Crippen LogP contribution in [0.4, 0.5) is 4.39 Å². The van der Waals surface area contributed by atoms with Gasteiger partial charge in [0.25, 0.3) is 0 Å². The van der Waals surface area contributed by atoms with Gasteiger partial charge in [0.05, 0.1) is 0 Å². The van der Waals surface area contributed by atoms with Crippen molar-refractivity contribution in [1.29, 1.82) is 0 Å². The average molecular weight is 365 g/mol. The van der Waals surface area contributed by atoms with Crippen molar-refractivity contribution < 1.29 is 9.18 Å². The maximum absolute atomic E-state index is 13.3. The fourth-order valence-corrected chi connectivity index (χ4v) is 3.72. The molecule has 1 unspecified atom stereocenters. The van der Waals surface area contributed by atoms with Crippen molar-refractivity contribution in [2.75, 3.05) is 6.54 Å². The van der Waals surface area contributed by atoms with Crippen molar-refractivity contribution in [2.24, 2.45) is 0 Å². The molecule has 132 valence electrons. The predicted octanol–water partition coefficient (Wildman–Crippen LogP) is 5.02. The molecule has 1 N–H and O–H groups in total. The number of thioether (sulfide) groups is 1. The van der Waals surface area contributed by atoms with Crippen molar-refractivity contribution in [3.05, 3.63) is 102 Å². The molecule has 0 fully saturated rings. The number of nitrogens with one attached hydrogen (secondary N) is 1. The van der Waals surface area contributed by atoms with Crippen molar-refractivity contribution in [1.82, 2.24) is 5.32 Å². The monoisotopic (exact) mass is 365 g/mol. The second kappa shape index (κ2) is 9.20. The molecule has 0 heterocycles. The number of hydrogen-bond donors (Lipinski definition) is 1. The molecule has 3 rings (SSSR count). The third-order valence-electron chi connectivity index (χ3n) is 3.94. The first-order valence-corrected chi connectivity index (χ1v) is 9.39. The number of halogens is 1. The molecule has 4 heteroatoms. The molecule has 0 aliphatic carbocycles. The van der Waals surface area contributed by atoms with Crippen LogP contribution in [0.25, 0.3) is 0 Å². The second-order valence-corrected chi connectivity index (χ2v) is 7.07. The van der Waals surface area contributed by atoms with E-state index in [4.69, 9.17) is 0 Å². The predicted molar refractivity (Wildman–Crippen MR) is 105 cm³/mol. The number of carbonyl (C=O) groups is 1. The standard InChI is InChI=1S/C22H20FNOS/c23-19-11-7-8-17(16-19)14-15-24-22(25)21(18-9-3-1-4-10-18)26-20-12-5-2-6-13-20/h1-13,16,21H,14-15H2,(H,24,25). The summed E-state index contributed by atoms with van der Waals surface area (Å²) in [6, 6.07) is 26.1. The summed E-state index contributed by atoms with van der Waals surface area (Å²) in [6.45, 7) is 0.473. The van der Waals surface area contributed by atoms with Crippen molar-refractivity contribution in [2.45, 2.75) is 16.6 Å². The van der Waals surface area contributed by atoms with E-state index in [1.165, 1.54) is 23.9 Å². The molecule has 2 nitrogen and oxygen atoms in total. The molecule has 3 aromatic rings. The van der Waals surface area contributed by atoms with E-state index in [1.54, 1.807) is 6.07 Å². The number of rotatable bonds is 7. The molecular weight excluding hydrogens is 345 g/mol. The van der Waals surface area contributed by atoms with Crippen LogP contribution in [0.15, 0.2) is 89.8 Å². The highest BCUT2D eigenvalue weighted by Crippen LogP contribution is 2.35. The van der Waals surface area contributed by atoms with Gasteiger partial charge >= 0.3 is 0 Å². The van der Waals surface area contributed by atoms with Crippen molar-refractivity contribution >= 4 is 17.7 Å². The van der Waals surface area contributed by atoms with Crippen LogP contribution < -0.4 is 5.32 Å². The van der Waals surface area contributed by atoms with Crippen LogP contribution in [0.1, 0.15) is 16.4 Å². The average Bonchev–Trinajstić information content (AvgIpc) is 2.67. The van der Waals surface area contributed by atoms with Gasteiger partial charge in [-0.3, -0.25) is 4.79 Å². The topological polar surface area (TPSA) is 29.1 Å². The van der Waals surface area contributed by atoms with Gasteiger partial charge < -0.3 is 5.32 Å². The highest BCUT2D eigenvalue weighted by atomic mass is 32.2. The van der Waals surface area contributed by atoms with Crippen LogP contribution in [0, 0.1) is 5.82 Å². The Labute approximate surface area is 157 Å². The van der Waals surface area contributed by atoms with Gasteiger partial charge in [-0.05, 0) is 41.8 Å². The van der Waals surface area contributed by atoms with Gasteiger partial charge in [0.2, 0.25) is 5.91 Å². The lowest BCUT2D eigenvalue weighted by molar-refractivity contribution is -0.120. The fraction of sp³-hybridized carbons (Fsp3) is 0.136. The van der Waals surface area contributed by atoms with Crippen molar-refractivity contribution in [3.63, 3.8) is 0 Å². The summed E-state index contributed by atoms with van der Waals surface area (Å²) in [6.07, 6.45) is 0.598. The van der Waals surface area contributed by atoms with E-state index in [0.29, 0.717) is 13.0 Å². The van der Waals surface area contributed by atoms with Gasteiger partial charge in [-0.25, -0.2) is 4.39 Å². The van der Waals surface area contributed by atoms with Crippen LogP contribution in [-0.4, -0.2) is 12.5 Å². The molecule has 0 aromatic heterocycles. The smallest absolute Gasteiger partial charge is 0.238 e. The van der Waals surface area contributed by atoms with E-state index in [-0.39, 0.29) is 17.0 Å². The molecule has 1 amide bonds. The molecule has 26 heavy (non-hydrogen) atoms. The summed E-state index contributed by atoms with van der Waals surface area (Å²) in [5.41, 5.74) is 1.84. The fourth-order valence-electron chi connectivity index (χ4n) is 2.65. The molecular formula is C22H20FNOS. The third-order valence-corrected chi connectivity index (χ3v) is 5.21. The number of amides is 1. The summed E-state index contributed by atoms with van der Waals surface area (Å²) < 4.78 is 13.3. The van der Waals surface area contributed by atoms with Gasteiger partial charge in [-0.1, -0.05) is 60.7 Å². The van der Waals surface area contributed by atoms with Gasteiger partial charge in [0.1, 0.15) is 11.1 Å². The minimum absolute atomic E-state index is 0.0403. The number of carbonyl (C=O) groups excluding carboxylic acids is 1. The SMILES string of the molecule is O=C(NCCc1cccc(F)c1)C(Sc1ccccc1)c1ccccc1. The molecule has 0 saturated heterocycles. The Balaban J connectivity index is 1.66. The van der Waals surface area contributed by atoms with E-state index in [1.807, 2.05) is 66.7 Å². The lowest BCUT2D eigenvalue weighted by atomic mass is 10.1. The summed E-state index contributed by atoms with van der Waals surface area (Å²) in [4.78, 5) is 13.8. The van der Waals surface area contributed by atoms with E-state index in [2.05, 4.69) is 5.32 Å².